The Morgan fingerprint density at radius 2 is 1.70 bits per heavy atom. The Hall–Kier alpha value is -1.92. The molecule has 2 heterocycles. The van der Waals surface area contributed by atoms with E-state index >= 15 is 0 Å². The number of carbonyl (C=O) groups is 2. The Labute approximate surface area is 167 Å². The SMILES string of the molecule is O=C(O)C1CN(C(=O)c2ccc(C3SCCCS3)cc2)Cc2ccccc21. The Kier molecular flexibility index (Phi) is 5.45. The van der Waals surface area contributed by atoms with Crippen molar-refractivity contribution in [3.63, 3.8) is 0 Å². The van der Waals surface area contributed by atoms with Gasteiger partial charge in [-0.25, -0.2) is 0 Å². The van der Waals surface area contributed by atoms with E-state index < -0.39 is 11.9 Å². The average molecular weight is 400 g/mol. The van der Waals surface area contributed by atoms with E-state index in [9.17, 15) is 14.7 Å². The maximum atomic E-state index is 13.0. The van der Waals surface area contributed by atoms with Crippen LogP contribution in [0.3, 0.4) is 0 Å². The van der Waals surface area contributed by atoms with Crippen molar-refractivity contribution in [2.75, 3.05) is 18.1 Å². The molecule has 4 nitrogen and oxygen atoms in total. The van der Waals surface area contributed by atoms with E-state index in [0.717, 1.165) is 11.1 Å². The molecule has 2 aromatic rings. The van der Waals surface area contributed by atoms with Gasteiger partial charge in [0.25, 0.3) is 5.91 Å². The molecule has 2 aliphatic rings. The third kappa shape index (κ3) is 3.87. The van der Waals surface area contributed by atoms with Crippen LogP contribution in [-0.4, -0.2) is 39.9 Å². The zero-order valence-electron chi connectivity index (χ0n) is 14.8. The Balaban J connectivity index is 1.53. The first kappa shape index (κ1) is 18.4. The summed E-state index contributed by atoms with van der Waals surface area (Å²) in [5, 5.41) is 9.59. The highest BCUT2D eigenvalue weighted by Crippen LogP contribution is 2.43. The first-order valence-corrected chi connectivity index (χ1v) is 11.2. The van der Waals surface area contributed by atoms with Gasteiger partial charge in [0.05, 0.1) is 10.5 Å². The molecule has 1 N–H and O–H groups in total. The monoisotopic (exact) mass is 399 g/mol. The summed E-state index contributed by atoms with van der Waals surface area (Å²) < 4.78 is 0.446. The predicted molar refractivity (Wildman–Crippen MR) is 110 cm³/mol. The molecule has 0 saturated carbocycles. The lowest BCUT2D eigenvalue weighted by molar-refractivity contribution is -0.139. The van der Waals surface area contributed by atoms with Crippen molar-refractivity contribution in [2.45, 2.75) is 23.5 Å². The van der Waals surface area contributed by atoms with Crippen LogP contribution in [0.1, 0.15) is 44.0 Å². The van der Waals surface area contributed by atoms with Crippen molar-refractivity contribution in [3.05, 3.63) is 70.8 Å². The Morgan fingerprint density at radius 1 is 1.00 bits per heavy atom. The van der Waals surface area contributed by atoms with E-state index in [2.05, 4.69) is 0 Å². The topological polar surface area (TPSA) is 57.6 Å². The van der Waals surface area contributed by atoms with Crippen LogP contribution in [-0.2, 0) is 11.3 Å². The second-order valence-corrected chi connectivity index (χ2v) is 9.55. The second kappa shape index (κ2) is 7.98. The van der Waals surface area contributed by atoms with Crippen LogP contribution in [0.4, 0.5) is 0 Å². The molecule has 2 aromatic carbocycles. The van der Waals surface area contributed by atoms with Gasteiger partial charge in [0.2, 0.25) is 0 Å². The van der Waals surface area contributed by atoms with E-state index in [4.69, 9.17) is 0 Å². The summed E-state index contributed by atoms with van der Waals surface area (Å²) in [6.07, 6.45) is 1.25. The number of carboxylic acids is 1. The molecule has 2 aliphatic heterocycles. The maximum absolute atomic E-state index is 13.0. The third-order valence-electron chi connectivity index (χ3n) is 5.04. The number of amides is 1. The predicted octanol–water partition coefficient (Wildman–Crippen LogP) is 4.38. The summed E-state index contributed by atoms with van der Waals surface area (Å²) in [6.45, 7) is 0.663. The smallest absolute Gasteiger partial charge is 0.312 e. The van der Waals surface area contributed by atoms with Gasteiger partial charge in [-0.1, -0.05) is 36.4 Å². The molecular weight excluding hydrogens is 378 g/mol. The quantitative estimate of drug-likeness (QED) is 0.830. The van der Waals surface area contributed by atoms with E-state index in [1.165, 1.54) is 23.5 Å². The minimum absolute atomic E-state index is 0.105. The molecule has 0 bridgehead atoms. The number of benzene rings is 2. The molecule has 1 atom stereocenters. The minimum Gasteiger partial charge on any atom is -0.481 e. The Morgan fingerprint density at radius 3 is 2.41 bits per heavy atom. The molecule has 0 aliphatic carbocycles. The number of thioether (sulfide) groups is 2. The zero-order chi connectivity index (χ0) is 18.8. The number of hydrogen-bond acceptors (Lipinski definition) is 4. The van der Waals surface area contributed by atoms with Crippen molar-refractivity contribution >= 4 is 35.4 Å². The van der Waals surface area contributed by atoms with Gasteiger partial charge in [0, 0.05) is 18.7 Å². The van der Waals surface area contributed by atoms with Crippen LogP contribution in [0.15, 0.2) is 48.5 Å². The van der Waals surface area contributed by atoms with Crippen molar-refractivity contribution in [1.29, 1.82) is 0 Å². The highest BCUT2D eigenvalue weighted by atomic mass is 32.2. The fourth-order valence-electron chi connectivity index (χ4n) is 3.62. The van der Waals surface area contributed by atoms with Crippen LogP contribution in [0.25, 0.3) is 0 Å². The largest absolute Gasteiger partial charge is 0.481 e. The first-order chi connectivity index (χ1) is 13.1. The number of carboxylic acid groups (broad SMARTS) is 1. The molecule has 0 radical (unpaired) electrons. The van der Waals surface area contributed by atoms with Crippen LogP contribution >= 0.6 is 23.5 Å². The second-order valence-electron chi connectivity index (χ2n) is 6.82. The number of rotatable bonds is 3. The number of fused-ring (bicyclic) bond motifs is 1. The zero-order valence-corrected chi connectivity index (χ0v) is 16.5. The van der Waals surface area contributed by atoms with E-state index in [0.29, 0.717) is 16.7 Å². The van der Waals surface area contributed by atoms with E-state index in [-0.39, 0.29) is 12.5 Å². The summed E-state index contributed by atoms with van der Waals surface area (Å²) >= 11 is 3.91. The van der Waals surface area contributed by atoms with Crippen LogP contribution in [0, 0.1) is 0 Å². The Bertz CT molecular complexity index is 847. The molecular formula is C21H21NO3S2. The van der Waals surface area contributed by atoms with E-state index in [1.54, 1.807) is 4.90 Å². The van der Waals surface area contributed by atoms with Crippen molar-refractivity contribution in [3.8, 4) is 0 Å². The van der Waals surface area contributed by atoms with Crippen molar-refractivity contribution < 1.29 is 14.7 Å². The van der Waals surface area contributed by atoms with Gasteiger partial charge in [-0.3, -0.25) is 9.59 Å². The standard InChI is InChI=1S/C21H21NO3S2/c23-19(14-6-8-15(9-7-14)21-26-10-3-11-27-21)22-12-16-4-1-2-5-17(16)18(13-22)20(24)25/h1-2,4-9,18,21H,3,10-13H2,(H,24,25). The lowest BCUT2D eigenvalue weighted by Crippen LogP contribution is -2.40. The van der Waals surface area contributed by atoms with Crippen molar-refractivity contribution in [1.82, 2.24) is 4.90 Å². The van der Waals surface area contributed by atoms with Gasteiger partial charge in [-0.05, 0) is 46.7 Å². The molecule has 27 heavy (non-hydrogen) atoms. The molecule has 1 fully saturated rings. The van der Waals surface area contributed by atoms with Gasteiger partial charge in [-0.2, -0.15) is 0 Å². The summed E-state index contributed by atoms with van der Waals surface area (Å²) in [4.78, 5) is 26.3. The molecule has 0 spiro atoms. The first-order valence-electron chi connectivity index (χ1n) is 9.06. The number of hydrogen-bond donors (Lipinski definition) is 1. The van der Waals surface area contributed by atoms with Gasteiger partial charge in [0.1, 0.15) is 0 Å². The molecule has 6 heteroatoms. The lowest BCUT2D eigenvalue weighted by Gasteiger charge is -2.33. The lowest BCUT2D eigenvalue weighted by atomic mass is 9.89. The maximum Gasteiger partial charge on any atom is 0.312 e. The minimum atomic E-state index is -0.887. The summed E-state index contributed by atoms with van der Waals surface area (Å²) in [5.41, 5.74) is 3.59. The fraction of sp³-hybridized carbons (Fsp3) is 0.333. The highest BCUT2D eigenvalue weighted by Gasteiger charge is 2.32. The van der Waals surface area contributed by atoms with Gasteiger partial charge in [-0.15, -0.1) is 23.5 Å². The molecule has 1 amide bonds. The molecule has 1 unspecified atom stereocenters. The summed E-state index contributed by atoms with van der Waals surface area (Å²) in [7, 11) is 0. The summed E-state index contributed by atoms with van der Waals surface area (Å²) in [5.74, 6) is 0.700. The number of aliphatic carboxylic acids is 1. The van der Waals surface area contributed by atoms with Gasteiger partial charge < -0.3 is 10.0 Å². The van der Waals surface area contributed by atoms with Gasteiger partial charge in [0.15, 0.2) is 0 Å². The van der Waals surface area contributed by atoms with Gasteiger partial charge >= 0.3 is 5.97 Å². The molecule has 1 saturated heterocycles. The van der Waals surface area contributed by atoms with Crippen molar-refractivity contribution in [2.24, 2.45) is 0 Å². The highest BCUT2D eigenvalue weighted by molar-refractivity contribution is 8.16. The fourth-order valence-corrected chi connectivity index (χ4v) is 6.51. The number of nitrogens with zero attached hydrogens (tertiary/aromatic N) is 1. The molecule has 4 rings (SSSR count). The third-order valence-corrected chi connectivity index (χ3v) is 8.05. The molecule has 0 aromatic heterocycles. The molecule has 140 valence electrons. The number of carbonyl (C=O) groups excluding carboxylic acids is 1. The van der Waals surface area contributed by atoms with E-state index in [1.807, 2.05) is 72.1 Å². The van der Waals surface area contributed by atoms with Crippen LogP contribution < -0.4 is 0 Å². The van der Waals surface area contributed by atoms with Crippen LogP contribution in [0.5, 0.6) is 0 Å². The van der Waals surface area contributed by atoms with Crippen LogP contribution in [0.2, 0.25) is 0 Å². The normalized spacial score (nSPS) is 20.1. The summed E-state index contributed by atoms with van der Waals surface area (Å²) in [6, 6.07) is 15.3. The average Bonchev–Trinajstić information content (AvgIpc) is 2.73.